The van der Waals surface area contributed by atoms with Gasteiger partial charge < -0.3 is 19.4 Å². The molecular weight excluding hydrogens is 234 g/mol. The van der Waals surface area contributed by atoms with Gasteiger partial charge in [-0.3, -0.25) is 4.79 Å². The summed E-state index contributed by atoms with van der Waals surface area (Å²) in [6.45, 7) is 2.48. The van der Waals surface area contributed by atoms with Gasteiger partial charge >= 0.3 is 0 Å². The highest BCUT2D eigenvalue weighted by Crippen LogP contribution is 2.26. The monoisotopic (exact) mass is 253 g/mol. The van der Waals surface area contributed by atoms with Crippen molar-refractivity contribution in [2.75, 3.05) is 38.8 Å². The Morgan fingerprint density at radius 2 is 2.39 bits per heavy atom. The Kier molecular flexibility index (Phi) is 4.19. The minimum atomic E-state index is -0.239. The number of piperidine rings is 1. The third-order valence-corrected chi connectivity index (χ3v) is 3.22. The van der Waals surface area contributed by atoms with Crippen molar-refractivity contribution in [1.29, 1.82) is 0 Å². The summed E-state index contributed by atoms with van der Waals surface area (Å²) in [4.78, 5) is 20.5. The molecule has 0 bridgehead atoms. The Balaban J connectivity index is 2.20. The second-order valence-electron chi connectivity index (χ2n) is 4.50. The zero-order chi connectivity index (χ0) is 13.0. The lowest BCUT2D eigenvalue weighted by atomic mass is 9.99. The molecule has 1 aromatic rings. The van der Waals surface area contributed by atoms with Crippen LogP contribution in [0.15, 0.2) is 11.1 Å². The summed E-state index contributed by atoms with van der Waals surface area (Å²) in [5.74, 6) is 1.40. The van der Waals surface area contributed by atoms with Crippen molar-refractivity contribution in [3.63, 3.8) is 0 Å². The predicted molar refractivity (Wildman–Crippen MR) is 68.2 cm³/mol. The van der Waals surface area contributed by atoms with Crippen LogP contribution in [0, 0.1) is 5.92 Å². The number of ether oxygens (including phenoxy) is 2. The lowest BCUT2D eigenvalue weighted by molar-refractivity contribution is 0.143. The van der Waals surface area contributed by atoms with E-state index in [0.29, 0.717) is 11.7 Å². The van der Waals surface area contributed by atoms with E-state index < -0.39 is 0 Å². The lowest BCUT2D eigenvalue weighted by Crippen LogP contribution is -2.38. The molecule has 1 aliphatic rings. The fraction of sp³-hybridized carbons (Fsp3) is 0.667. The minimum Gasteiger partial charge on any atom is -0.489 e. The molecule has 1 aliphatic heterocycles. The van der Waals surface area contributed by atoms with Crippen LogP contribution >= 0.6 is 0 Å². The Bertz CT molecular complexity index is 444. The largest absolute Gasteiger partial charge is 0.489 e. The topological polar surface area (TPSA) is 67.5 Å². The molecule has 0 saturated carbocycles. The van der Waals surface area contributed by atoms with Crippen molar-refractivity contribution in [3.8, 4) is 5.75 Å². The number of aromatic amines is 1. The number of hydrogen-bond donors (Lipinski definition) is 1. The summed E-state index contributed by atoms with van der Waals surface area (Å²) in [5.41, 5.74) is -0.239. The van der Waals surface area contributed by atoms with Gasteiger partial charge in [0.2, 0.25) is 5.75 Å². The SMILES string of the molecule is COCC1CCCN(c2nc[nH]c(=O)c2OC)C1. The first-order chi connectivity index (χ1) is 8.76. The maximum absolute atomic E-state index is 11.6. The van der Waals surface area contributed by atoms with E-state index in [9.17, 15) is 4.79 Å². The first-order valence-corrected chi connectivity index (χ1v) is 6.11. The van der Waals surface area contributed by atoms with Crippen LogP contribution < -0.4 is 15.2 Å². The molecule has 1 atom stereocenters. The van der Waals surface area contributed by atoms with Gasteiger partial charge in [0.25, 0.3) is 5.56 Å². The van der Waals surface area contributed by atoms with Gasteiger partial charge in [-0.2, -0.15) is 0 Å². The van der Waals surface area contributed by atoms with Crippen molar-refractivity contribution in [2.45, 2.75) is 12.8 Å². The second-order valence-corrected chi connectivity index (χ2v) is 4.50. The van der Waals surface area contributed by atoms with Gasteiger partial charge in [0.15, 0.2) is 5.82 Å². The normalized spacial score (nSPS) is 19.9. The van der Waals surface area contributed by atoms with Crippen LogP contribution in [0.2, 0.25) is 0 Å². The molecule has 1 fully saturated rings. The molecular formula is C12H19N3O3. The van der Waals surface area contributed by atoms with Crippen LogP contribution in [0.5, 0.6) is 5.75 Å². The van der Waals surface area contributed by atoms with Crippen molar-refractivity contribution in [2.24, 2.45) is 5.92 Å². The maximum Gasteiger partial charge on any atom is 0.295 e. The summed E-state index contributed by atoms with van der Waals surface area (Å²) >= 11 is 0. The molecule has 0 radical (unpaired) electrons. The van der Waals surface area contributed by atoms with Crippen LogP contribution in [0.4, 0.5) is 5.82 Å². The summed E-state index contributed by atoms with van der Waals surface area (Å²) in [6, 6.07) is 0. The molecule has 1 aromatic heterocycles. The zero-order valence-electron chi connectivity index (χ0n) is 10.8. The smallest absolute Gasteiger partial charge is 0.295 e. The van der Waals surface area contributed by atoms with Crippen LogP contribution in [-0.4, -0.2) is 43.9 Å². The fourth-order valence-electron chi connectivity index (χ4n) is 2.42. The summed E-state index contributed by atoms with van der Waals surface area (Å²) < 4.78 is 10.3. The van der Waals surface area contributed by atoms with E-state index in [-0.39, 0.29) is 11.3 Å². The Labute approximate surface area is 106 Å². The third-order valence-electron chi connectivity index (χ3n) is 3.22. The number of H-pyrrole nitrogens is 1. The van der Waals surface area contributed by atoms with Crippen LogP contribution in [-0.2, 0) is 4.74 Å². The van der Waals surface area contributed by atoms with E-state index in [1.165, 1.54) is 13.4 Å². The Morgan fingerprint density at radius 3 is 3.11 bits per heavy atom. The predicted octanol–water partition coefficient (Wildman–Crippen LogP) is 0.641. The van der Waals surface area contributed by atoms with Crippen LogP contribution in [0.25, 0.3) is 0 Å². The minimum absolute atomic E-state index is 0.239. The molecule has 1 N–H and O–H groups in total. The van der Waals surface area contributed by atoms with E-state index in [1.54, 1.807) is 7.11 Å². The quantitative estimate of drug-likeness (QED) is 0.853. The Hall–Kier alpha value is -1.56. The molecule has 18 heavy (non-hydrogen) atoms. The first-order valence-electron chi connectivity index (χ1n) is 6.11. The highest BCUT2D eigenvalue weighted by molar-refractivity contribution is 5.50. The maximum atomic E-state index is 11.6. The average Bonchev–Trinajstić information content (AvgIpc) is 2.39. The van der Waals surface area contributed by atoms with Gasteiger partial charge in [0.05, 0.1) is 20.0 Å². The number of rotatable bonds is 4. The molecule has 0 amide bonds. The van der Waals surface area contributed by atoms with Crippen molar-refractivity contribution in [1.82, 2.24) is 9.97 Å². The van der Waals surface area contributed by atoms with Gasteiger partial charge in [-0.1, -0.05) is 0 Å². The number of nitrogens with one attached hydrogen (secondary N) is 1. The molecule has 0 aliphatic carbocycles. The molecule has 1 saturated heterocycles. The van der Waals surface area contributed by atoms with Crippen LogP contribution in [0.3, 0.4) is 0 Å². The molecule has 6 nitrogen and oxygen atoms in total. The van der Waals surface area contributed by atoms with Gasteiger partial charge in [-0.25, -0.2) is 4.98 Å². The summed E-state index contributed by atoms with van der Waals surface area (Å²) in [5, 5.41) is 0. The Morgan fingerprint density at radius 1 is 1.56 bits per heavy atom. The third kappa shape index (κ3) is 2.64. The summed E-state index contributed by atoms with van der Waals surface area (Å²) in [7, 11) is 3.21. The first kappa shape index (κ1) is 12.9. The number of aromatic nitrogens is 2. The van der Waals surface area contributed by atoms with Gasteiger partial charge in [0.1, 0.15) is 0 Å². The van der Waals surface area contributed by atoms with Gasteiger partial charge in [0, 0.05) is 20.2 Å². The molecule has 2 rings (SSSR count). The molecule has 2 heterocycles. The van der Waals surface area contributed by atoms with E-state index in [4.69, 9.17) is 9.47 Å². The van der Waals surface area contributed by atoms with E-state index in [2.05, 4.69) is 14.9 Å². The van der Waals surface area contributed by atoms with Gasteiger partial charge in [-0.15, -0.1) is 0 Å². The van der Waals surface area contributed by atoms with E-state index in [0.717, 1.165) is 32.5 Å². The highest BCUT2D eigenvalue weighted by Gasteiger charge is 2.24. The number of anilines is 1. The molecule has 0 aromatic carbocycles. The zero-order valence-corrected chi connectivity index (χ0v) is 10.8. The lowest BCUT2D eigenvalue weighted by Gasteiger charge is -2.33. The standard InChI is InChI=1S/C12H19N3O3/c1-17-7-9-4-3-5-15(6-9)11-10(18-2)12(16)14-8-13-11/h8-9H,3-7H2,1-2H3,(H,13,14,16). The van der Waals surface area contributed by atoms with Crippen LogP contribution in [0.1, 0.15) is 12.8 Å². The number of nitrogens with zero attached hydrogens (tertiary/aromatic N) is 2. The highest BCUT2D eigenvalue weighted by atomic mass is 16.5. The fourth-order valence-corrected chi connectivity index (χ4v) is 2.42. The summed E-state index contributed by atoms with van der Waals surface area (Å²) in [6.07, 6.45) is 3.64. The van der Waals surface area contributed by atoms with E-state index >= 15 is 0 Å². The number of methoxy groups -OCH3 is 2. The van der Waals surface area contributed by atoms with Crippen molar-refractivity contribution < 1.29 is 9.47 Å². The van der Waals surface area contributed by atoms with Crippen molar-refractivity contribution in [3.05, 3.63) is 16.7 Å². The van der Waals surface area contributed by atoms with Crippen molar-refractivity contribution >= 4 is 5.82 Å². The van der Waals surface area contributed by atoms with E-state index in [1.807, 2.05) is 0 Å². The number of hydrogen-bond acceptors (Lipinski definition) is 5. The molecule has 6 heteroatoms. The van der Waals surface area contributed by atoms with Gasteiger partial charge in [-0.05, 0) is 18.8 Å². The second kappa shape index (κ2) is 5.86. The molecule has 1 unspecified atom stereocenters. The average molecular weight is 253 g/mol. The molecule has 100 valence electrons. The molecule has 0 spiro atoms.